The Balaban J connectivity index is 1.33. The van der Waals surface area contributed by atoms with Gasteiger partial charge in [0.15, 0.2) is 6.23 Å². The van der Waals surface area contributed by atoms with Gasteiger partial charge in [-0.15, -0.1) is 0 Å². The number of carbonyl (C=O) groups is 1. The van der Waals surface area contributed by atoms with Gasteiger partial charge in [0.1, 0.15) is 35.5 Å². The fourth-order valence-corrected chi connectivity index (χ4v) is 9.60. The molecule has 1 N–H and O–H groups in total. The number of nitrogens with one attached hydrogen (secondary N) is 1. The van der Waals surface area contributed by atoms with E-state index >= 15 is 0 Å². The summed E-state index contributed by atoms with van der Waals surface area (Å²) in [4.78, 5) is 41.3. The summed E-state index contributed by atoms with van der Waals surface area (Å²) in [7, 11) is 1.28. The van der Waals surface area contributed by atoms with E-state index in [0.717, 1.165) is 22.3 Å². The second-order valence-corrected chi connectivity index (χ2v) is 17.2. The van der Waals surface area contributed by atoms with Crippen molar-refractivity contribution in [1.29, 1.82) is 5.26 Å². The van der Waals surface area contributed by atoms with Crippen LogP contribution in [0.1, 0.15) is 62.6 Å². The molecule has 1 aliphatic rings. The number of carbonyl (C=O) groups excluding carboxylic acids is 1. The molecule has 0 aliphatic carbocycles. The first-order chi connectivity index (χ1) is 31.9. The summed E-state index contributed by atoms with van der Waals surface area (Å²) in [5, 5.41) is 22.9. The third-order valence-electron chi connectivity index (χ3n) is 10.9. The smallest absolute Gasteiger partial charge is 0.412 e. The van der Waals surface area contributed by atoms with Gasteiger partial charge in [0.05, 0.1) is 44.3 Å². The molecule has 1 fully saturated rings. The number of rotatable bonds is 22. The molecule has 5 aromatic rings. The predicted molar refractivity (Wildman–Crippen MR) is 247 cm³/mol. The Hall–Kier alpha value is -6.09. The number of non-ortho nitro benzene ring substituents is 1. The SMILES string of the molecule is COc1ccc(C(OC[C@H]2O[C@@H](n3ccc(NC(=O)OCCc4ccc([N+](=O)[O-])cc4)nc3=O)[C@H](OC)[C@@H]2OP(OCCC#N)N(C(C)C)C(C)C)(c2ccccc2)c2ccccc2)cc1. The van der Waals surface area contributed by atoms with E-state index in [1.54, 1.807) is 19.2 Å². The van der Waals surface area contributed by atoms with Gasteiger partial charge in [-0.3, -0.25) is 20.0 Å². The van der Waals surface area contributed by atoms with E-state index in [2.05, 4.69) is 21.0 Å². The third kappa shape index (κ3) is 11.8. The number of anilines is 1. The van der Waals surface area contributed by atoms with Crippen LogP contribution in [-0.2, 0) is 40.0 Å². The molecule has 66 heavy (non-hydrogen) atoms. The minimum atomic E-state index is -1.83. The number of methoxy groups -OCH3 is 2. The number of aromatic nitrogens is 2. The van der Waals surface area contributed by atoms with E-state index in [1.807, 2.05) is 113 Å². The number of ether oxygens (including phenoxy) is 5. The van der Waals surface area contributed by atoms with E-state index in [4.69, 9.17) is 32.7 Å². The van der Waals surface area contributed by atoms with Gasteiger partial charge < -0.3 is 32.7 Å². The molecule has 5 atom stereocenters. The van der Waals surface area contributed by atoms with Gasteiger partial charge in [-0.05, 0) is 68.1 Å². The fraction of sp³-hybridized carbons (Fsp3) is 0.375. The molecule has 348 valence electrons. The molecule has 2 heterocycles. The number of hydrogen-bond acceptors (Lipinski definition) is 14. The van der Waals surface area contributed by atoms with Gasteiger partial charge >= 0.3 is 11.8 Å². The Morgan fingerprint density at radius 3 is 2.08 bits per heavy atom. The lowest BCUT2D eigenvalue weighted by Crippen LogP contribution is -2.43. The average Bonchev–Trinajstić information content (AvgIpc) is 3.66. The molecule has 6 rings (SSSR count). The summed E-state index contributed by atoms with van der Waals surface area (Å²) < 4.78 is 47.8. The van der Waals surface area contributed by atoms with Crippen LogP contribution < -0.4 is 15.7 Å². The zero-order valence-electron chi connectivity index (χ0n) is 37.7. The van der Waals surface area contributed by atoms with Crippen LogP contribution in [0.2, 0.25) is 0 Å². The van der Waals surface area contributed by atoms with Gasteiger partial charge in [-0.1, -0.05) is 84.9 Å². The normalized spacial score (nSPS) is 17.7. The molecule has 1 aliphatic heterocycles. The molecule has 0 bridgehead atoms. The number of nitrogens with zero attached hydrogens (tertiary/aromatic N) is 5. The first kappa shape index (κ1) is 49.3. The summed E-state index contributed by atoms with van der Waals surface area (Å²) in [5.41, 5.74) is 1.26. The average molecular weight is 923 g/mol. The first-order valence-corrected chi connectivity index (χ1v) is 22.6. The van der Waals surface area contributed by atoms with Crippen LogP contribution in [0.5, 0.6) is 5.75 Å². The van der Waals surface area contributed by atoms with E-state index in [0.29, 0.717) is 12.2 Å². The van der Waals surface area contributed by atoms with Crippen LogP contribution in [0, 0.1) is 21.4 Å². The van der Waals surface area contributed by atoms with Crippen LogP contribution >= 0.6 is 8.53 Å². The second-order valence-electron chi connectivity index (χ2n) is 15.8. The minimum Gasteiger partial charge on any atom is -0.497 e. The second kappa shape index (κ2) is 23.4. The van der Waals surface area contributed by atoms with Crippen LogP contribution in [0.15, 0.2) is 126 Å². The van der Waals surface area contributed by atoms with Crippen molar-refractivity contribution < 1.29 is 42.4 Å². The lowest BCUT2D eigenvalue weighted by Gasteiger charge is -2.39. The Bertz CT molecular complexity index is 2390. The number of benzene rings is 4. The van der Waals surface area contributed by atoms with Crippen molar-refractivity contribution in [1.82, 2.24) is 14.2 Å². The molecular weight excluding hydrogens is 868 g/mol. The summed E-state index contributed by atoms with van der Waals surface area (Å²) >= 11 is 0. The highest BCUT2D eigenvalue weighted by Crippen LogP contribution is 2.51. The highest BCUT2D eigenvalue weighted by atomic mass is 31.2. The summed E-state index contributed by atoms with van der Waals surface area (Å²) in [5.74, 6) is 0.610. The number of nitro benzene ring substituents is 1. The van der Waals surface area contributed by atoms with Gasteiger partial charge in [0.2, 0.25) is 0 Å². The quantitative estimate of drug-likeness (QED) is 0.0228. The van der Waals surface area contributed by atoms with E-state index in [9.17, 15) is 25.0 Å². The molecular formula is C48H55N6O11P. The van der Waals surface area contributed by atoms with Gasteiger partial charge in [0.25, 0.3) is 14.2 Å². The molecule has 0 radical (unpaired) electrons. The largest absolute Gasteiger partial charge is 0.497 e. The molecule has 1 aromatic heterocycles. The number of amides is 1. The Kier molecular flexibility index (Phi) is 17.5. The van der Waals surface area contributed by atoms with Crippen LogP contribution in [0.4, 0.5) is 16.3 Å². The van der Waals surface area contributed by atoms with Crippen molar-refractivity contribution >= 4 is 26.1 Å². The van der Waals surface area contributed by atoms with Crippen molar-refractivity contribution in [3.8, 4) is 11.8 Å². The minimum absolute atomic E-state index is 0.0215. The van der Waals surface area contributed by atoms with Crippen LogP contribution in [0.3, 0.4) is 0 Å². The van der Waals surface area contributed by atoms with Crippen LogP contribution in [-0.4, -0.2) is 89.7 Å². The maximum atomic E-state index is 13.9. The molecule has 1 unspecified atom stereocenters. The van der Waals surface area contributed by atoms with E-state index < -0.39 is 55.4 Å². The van der Waals surface area contributed by atoms with Crippen molar-refractivity contribution in [3.63, 3.8) is 0 Å². The van der Waals surface area contributed by atoms with Gasteiger partial charge in [0, 0.05) is 43.9 Å². The maximum absolute atomic E-state index is 13.9. The first-order valence-electron chi connectivity index (χ1n) is 21.5. The number of hydrogen-bond donors (Lipinski definition) is 1. The van der Waals surface area contributed by atoms with Crippen molar-refractivity contribution in [2.24, 2.45) is 0 Å². The standard InChI is InChI=1S/C48H55N6O11P/c1-33(2)53(34(3)4)66(63-30-13-28-49)65-43-41(32-62-48(36-14-9-7-10-15-36,37-16-11-8-12-17-37)38-20-24-40(59-5)25-21-38)64-45(44(43)60-6)52-29-26-42(50-46(52)55)51-47(56)61-31-27-35-18-22-39(23-19-35)54(57)58/h7-12,14-26,29,33-34,41,43-45H,13,27,30-32H2,1-6H3,(H,50,51,55,56)/t41-,43-,44-,45-,66?/m1/s1. The van der Waals surface area contributed by atoms with Crippen molar-refractivity contribution in [3.05, 3.63) is 164 Å². The molecule has 1 saturated heterocycles. The summed E-state index contributed by atoms with van der Waals surface area (Å²) in [6.07, 6.45) is -2.75. The van der Waals surface area contributed by atoms with E-state index in [1.165, 1.54) is 36.1 Å². The molecule has 17 nitrogen and oxygen atoms in total. The van der Waals surface area contributed by atoms with E-state index in [-0.39, 0.29) is 49.8 Å². The summed E-state index contributed by atoms with van der Waals surface area (Å²) in [6.45, 7) is 8.16. The highest BCUT2D eigenvalue weighted by molar-refractivity contribution is 7.44. The Labute approximate surface area is 385 Å². The summed E-state index contributed by atoms with van der Waals surface area (Å²) in [6, 6.07) is 36.8. The van der Waals surface area contributed by atoms with Crippen molar-refractivity contribution in [2.45, 2.75) is 82.8 Å². The molecule has 0 saturated carbocycles. The third-order valence-corrected chi connectivity index (χ3v) is 13.0. The van der Waals surface area contributed by atoms with Crippen molar-refractivity contribution in [2.75, 3.05) is 39.4 Å². The van der Waals surface area contributed by atoms with Crippen LogP contribution in [0.25, 0.3) is 0 Å². The highest BCUT2D eigenvalue weighted by Gasteiger charge is 2.51. The van der Waals surface area contributed by atoms with Gasteiger partial charge in [-0.2, -0.15) is 10.2 Å². The molecule has 18 heteroatoms. The lowest BCUT2D eigenvalue weighted by molar-refractivity contribution is -0.384. The zero-order valence-corrected chi connectivity index (χ0v) is 38.6. The predicted octanol–water partition coefficient (Wildman–Crippen LogP) is 8.53. The number of nitro groups is 1. The topological polar surface area (TPSA) is 199 Å². The Morgan fingerprint density at radius 1 is 0.909 bits per heavy atom. The zero-order chi connectivity index (χ0) is 47.2. The Morgan fingerprint density at radius 2 is 1.53 bits per heavy atom. The fourth-order valence-electron chi connectivity index (χ4n) is 7.83. The number of nitriles is 1. The maximum Gasteiger partial charge on any atom is 0.412 e. The molecule has 4 aromatic carbocycles. The lowest BCUT2D eigenvalue weighted by atomic mass is 9.80. The van der Waals surface area contributed by atoms with Gasteiger partial charge in [-0.25, -0.2) is 14.3 Å². The monoisotopic (exact) mass is 922 g/mol. The molecule has 0 spiro atoms. The molecule has 1 amide bonds.